The summed E-state index contributed by atoms with van der Waals surface area (Å²) < 4.78 is 0. The number of pyridine rings is 1. The van der Waals surface area contributed by atoms with Crippen LogP contribution in [0.2, 0.25) is 0 Å². The molecule has 1 rings (SSSR count). The van der Waals surface area contributed by atoms with Gasteiger partial charge in [-0.3, -0.25) is 4.98 Å². The number of nitrogens with zero attached hydrogens (tertiary/aromatic N) is 1. The van der Waals surface area contributed by atoms with Gasteiger partial charge in [0.1, 0.15) is 0 Å². The van der Waals surface area contributed by atoms with Crippen molar-refractivity contribution in [2.24, 2.45) is 0 Å². The van der Waals surface area contributed by atoms with Crippen LogP contribution in [0.5, 0.6) is 0 Å². The fourth-order valence-corrected chi connectivity index (χ4v) is 0.939. The third kappa shape index (κ3) is 5.84. The van der Waals surface area contributed by atoms with Gasteiger partial charge in [0.2, 0.25) is 0 Å². The lowest BCUT2D eigenvalue weighted by atomic mass is 10.1. The molecule has 0 aromatic carbocycles. The van der Waals surface area contributed by atoms with Gasteiger partial charge >= 0.3 is 0 Å². The van der Waals surface area contributed by atoms with Gasteiger partial charge in [-0.2, -0.15) is 0 Å². The van der Waals surface area contributed by atoms with Crippen LogP contribution < -0.4 is 0 Å². The van der Waals surface area contributed by atoms with Gasteiger partial charge in [0.05, 0.1) is 0 Å². The smallest absolute Gasteiger partial charge is 0.0379 e. The van der Waals surface area contributed by atoms with Gasteiger partial charge in [-0.1, -0.05) is 53.0 Å². The van der Waals surface area contributed by atoms with E-state index < -0.39 is 0 Å². The minimum absolute atomic E-state index is 1.01. The average Bonchev–Trinajstić information content (AvgIpc) is 2.34. The summed E-state index contributed by atoms with van der Waals surface area (Å²) in [4.78, 5) is 4.14. The highest BCUT2D eigenvalue weighted by Gasteiger charge is 1.94. The van der Waals surface area contributed by atoms with Crippen molar-refractivity contribution < 1.29 is 0 Å². The zero-order valence-corrected chi connectivity index (χ0v) is 10.7. The van der Waals surface area contributed by atoms with E-state index in [4.69, 9.17) is 0 Å². The molecule has 0 bridgehead atoms. The van der Waals surface area contributed by atoms with Crippen LogP contribution in [0.1, 0.15) is 44.5 Å². The highest BCUT2D eigenvalue weighted by molar-refractivity contribution is 5.62. The van der Waals surface area contributed by atoms with E-state index in [0.717, 1.165) is 16.8 Å². The van der Waals surface area contributed by atoms with Gasteiger partial charge in [0, 0.05) is 11.9 Å². The molecule has 1 nitrogen and oxygen atoms in total. The van der Waals surface area contributed by atoms with E-state index in [1.165, 1.54) is 0 Å². The van der Waals surface area contributed by atoms with Gasteiger partial charge in [-0.15, -0.1) is 0 Å². The number of hydrogen-bond acceptors (Lipinski definition) is 1. The van der Waals surface area contributed by atoms with Crippen LogP contribution in [0.15, 0.2) is 25.4 Å². The lowest BCUT2D eigenvalue weighted by molar-refractivity contribution is 1.19. The SMILES string of the molecule is C=Cc1cnc(C)cc1C=C.CC.CC. The molecule has 84 valence electrons. The second-order valence-corrected chi connectivity index (χ2v) is 2.36. The minimum Gasteiger partial charge on any atom is -0.261 e. The van der Waals surface area contributed by atoms with E-state index in [9.17, 15) is 0 Å². The van der Waals surface area contributed by atoms with Crippen LogP contribution in [-0.4, -0.2) is 4.98 Å². The minimum atomic E-state index is 1.01. The van der Waals surface area contributed by atoms with E-state index in [0.29, 0.717) is 0 Å². The lowest BCUT2D eigenvalue weighted by Crippen LogP contribution is -1.85. The quantitative estimate of drug-likeness (QED) is 0.680. The molecule has 0 spiro atoms. The zero-order chi connectivity index (χ0) is 12.3. The molecule has 0 aliphatic rings. The van der Waals surface area contributed by atoms with Gasteiger partial charge in [-0.05, 0) is 24.1 Å². The molecule has 0 saturated carbocycles. The Kier molecular flexibility index (Phi) is 11.5. The summed E-state index contributed by atoms with van der Waals surface area (Å²) in [5.74, 6) is 0. The maximum Gasteiger partial charge on any atom is 0.0379 e. The third-order valence-electron chi connectivity index (χ3n) is 1.54. The summed E-state index contributed by atoms with van der Waals surface area (Å²) in [7, 11) is 0. The predicted molar refractivity (Wildman–Crippen MR) is 71.9 cm³/mol. The van der Waals surface area contributed by atoms with Crippen LogP contribution >= 0.6 is 0 Å². The van der Waals surface area contributed by atoms with Gasteiger partial charge in [0.25, 0.3) is 0 Å². The number of aryl methyl sites for hydroxylation is 1. The second kappa shape index (κ2) is 10.7. The fraction of sp³-hybridized carbons (Fsp3) is 0.357. The molecular formula is C14H23N. The van der Waals surface area contributed by atoms with Gasteiger partial charge in [-0.25, -0.2) is 0 Å². The predicted octanol–water partition coefficient (Wildman–Crippen LogP) is 4.73. The summed E-state index contributed by atoms with van der Waals surface area (Å²) in [6, 6.07) is 1.99. The second-order valence-electron chi connectivity index (χ2n) is 2.36. The molecule has 0 radical (unpaired) electrons. The summed E-state index contributed by atoms with van der Waals surface area (Å²) in [6.07, 6.45) is 5.40. The number of hydrogen-bond donors (Lipinski definition) is 0. The van der Waals surface area contributed by atoms with E-state index >= 15 is 0 Å². The Hall–Kier alpha value is -1.37. The van der Waals surface area contributed by atoms with Crippen LogP contribution in [0.3, 0.4) is 0 Å². The van der Waals surface area contributed by atoms with Gasteiger partial charge in [0.15, 0.2) is 0 Å². The van der Waals surface area contributed by atoms with Crippen molar-refractivity contribution in [3.63, 3.8) is 0 Å². The average molecular weight is 205 g/mol. The normalized spacial score (nSPS) is 7.53. The molecular weight excluding hydrogens is 182 g/mol. The van der Waals surface area contributed by atoms with Crippen LogP contribution in [0, 0.1) is 6.92 Å². The van der Waals surface area contributed by atoms with E-state index in [1.807, 2.05) is 46.8 Å². The first-order valence-electron chi connectivity index (χ1n) is 5.49. The topological polar surface area (TPSA) is 12.9 Å². The fourth-order valence-electron chi connectivity index (χ4n) is 0.939. The number of rotatable bonds is 2. The maximum atomic E-state index is 4.14. The molecule has 0 fully saturated rings. The highest BCUT2D eigenvalue weighted by Crippen LogP contribution is 2.11. The maximum absolute atomic E-state index is 4.14. The van der Waals surface area contributed by atoms with E-state index in [-0.39, 0.29) is 0 Å². The molecule has 0 N–H and O–H groups in total. The molecule has 0 amide bonds. The number of aromatic nitrogens is 1. The molecule has 0 atom stereocenters. The van der Waals surface area contributed by atoms with Crippen molar-refractivity contribution in [3.8, 4) is 0 Å². The molecule has 1 heterocycles. The zero-order valence-electron chi connectivity index (χ0n) is 10.7. The van der Waals surface area contributed by atoms with Crippen LogP contribution in [0.4, 0.5) is 0 Å². The molecule has 0 unspecified atom stereocenters. The molecule has 1 heteroatoms. The summed E-state index contributed by atoms with van der Waals surface area (Å²) in [6.45, 7) is 17.3. The van der Waals surface area contributed by atoms with Crippen molar-refractivity contribution in [3.05, 3.63) is 42.2 Å². The Bertz CT molecular complexity index is 287. The standard InChI is InChI=1S/C10H11N.2C2H6/c1-4-9-6-8(3)11-7-10(9)5-2;2*1-2/h4-7H,1-2H2,3H3;2*1-2H3. The van der Waals surface area contributed by atoms with Crippen LogP contribution in [-0.2, 0) is 0 Å². The first-order chi connectivity index (χ1) is 7.27. The Morgan fingerprint density at radius 1 is 1.00 bits per heavy atom. The first kappa shape index (κ1) is 16.1. The third-order valence-corrected chi connectivity index (χ3v) is 1.54. The largest absolute Gasteiger partial charge is 0.261 e. The Balaban J connectivity index is 0. The Morgan fingerprint density at radius 2 is 1.47 bits per heavy atom. The summed E-state index contributed by atoms with van der Waals surface area (Å²) >= 11 is 0. The van der Waals surface area contributed by atoms with Gasteiger partial charge < -0.3 is 0 Å². The molecule has 0 aliphatic heterocycles. The Morgan fingerprint density at radius 3 is 1.87 bits per heavy atom. The van der Waals surface area contributed by atoms with Crippen molar-refractivity contribution in [1.82, 2.24) is 4.98 Å². The lowest BCUT2D eigenvalue weighted by Gasteiger charge is -1.99. The van der Waals surface area contributed by atoms with Crippen molar-refractivity contribution in [2.45, 2.75) is 34.6 Å². The first-order valence-corrected chi connectivity index (χ1v) is 5.49. The monoisotopic (exact) mass is 205 g/mol. The van der Waals surface area contributed by atoms with Crippen molar-refractivity contribution in [1.29, 1.82) is 0 Å². The molecule has 0 aliphatic carbocycles. The molecule has 1 aromatic heterocycles. The molecule has 1 aromatic rings. The summed E-state index contributed by atoms with van der Waals surface area (Å²) in [5, 5.41) is 0. The van der Waals surface area contributed by atoms with Crippen molar-refractivity contribution in [2.75, 3.05) is 0 Å². The van der Waals surface area contributed by atoms with Crippen LogP contribution in [0.25, 0.3) is 12.2 Å². The van der Waals surface area contributed by atoms with E-state index in [1.54, 1.807) is 12.3 Å². The van der Waals surface area contributed by atoms with Crippen molar-refractivity contribution >= 4 is 12.2 Å². The Labute approximate surface area is 94.6 Å². The van der Waals surface area contributed by atoms with E-state index in [2.05, 4.69) is 18.1 Å². The summed E-state index contributed by atoms with van der Waals surface area (Å²) in [5.41, 5.74) is 3.13. The molecule has 0 saturated heterocycles. The highest BCUT2D eigenvalue weighted by atomic mass is 14.7. The molecule has 15 heavy (non-hydrogen) atoms.